The lowest BCUT2D eigenvalue weighted by Crippen LogP contribution is -2.17. The third-order valence-electron chi connectivity index (χ3n) is 10.6. The number of para-hydroxylation sites is 2. The highest BCUT2D eigenvalue weighted by molar-refractivity contribution is 6.15. The van der Waals surface area contributed by atoms with Gasteiger partial charge in [-0.1, -0.05) is 137 Å². The molecule has 0 atom stereocenters. The first-order chi connectivity index (χ1) is 23.8. The van der Waals surface area contributed by atoms with Crippen LogP contribution in [0.4, 0.5) is 17.1 Å². The van der Waals surface area contributed by atoms with E-state index in [0.29, 0.717) is 0 Å². The van der Waals surface area contributed by atoms with E-state index in [1.165, 1.54) is 38.4 Å². The summed E-state index contributed by atoms with van der Waals surface area (Å²) in [4.78, 5) is 2.39. The number of rotatable bonds is 5. The molecule has 2 heteroatoms. The molecule has 0 saturated carbocycles. The second-order valence-corrected chi connectivity index (χ2v) is 14.9. The average Bonchev–Trinajstić information content (AvgIpc) is 3.58. The molecule has 9 rings (SSSR count). The molecule has 0 aliphatic heterocycles. The number of nitrogens with zero attached hydrogens (tertiary/aromatic N) is 1. The summed E-state index contributed by atoms with van der Waals surface area (Å²) in [5.41, 5.74) is 12.9. The Morgan fingerprint density at radius 2 is 1.12 bits per heavy atom. The van der Waals surface area contributed by atoms with Gasteiger partial charge in [-0.3, -0.25) is 0 Å². The minimum absolute atomic E-state index is 0.101. The standard InChI is InChI=1S/C47H39NO/c1-46(2)30-47(3,4)41-29-43-39(28-40(41)46)37-20-13-21-38(45(37)49-43)44-36-19-12-11-16-33(36)24-27-42(44)48(34-17-9-6-10-18-34)35-25-22-32(23-26-35)31-14-7-5-8-15-31/h5-29H,30H2,1-4H3. The molecular weight excluding hydrogens is 595 g/mol. The Hall–Kier alpha value is -5.60. The first-order valence-electron chi connectivity index (χ1n) is 17.3. The molecule has 1 aliphatic rings. The summed E-state index contributed by atoms with van der Waals surface area (Å²) in [6, 6.07) is 54.8. The zero-order valence-corrected chi connectivity index (χ0v) is 28.5. The number of anilines is 3. The fourth-order valence-corrected chi connectivity index (χ4v) is 8.62. The Kier molecular flexibility index (Phi) is 6.61. The Bertz CT molecular complexity index is 2500. The summed E-state index contributed by atoms with van der Waals surface area (Å²) in [6.45, 7) is 9.50. The summed E-state index contributed by atoms with van der Waals surface area (Å²) < 4.78 is 6.97. The van der Waals surface area contributed by atoms with Gasteiger partial charge in [0.25, 0.3) is 0 Å². The SMILES string of the molecule is CC1(C)CC(C)(C)c2cc3c(cc21)oc1c(-c2c(N(c4ccccc4)c4ccc(-c5ccccc5)cc4)ccc4ccccc24)cccc13. The fraction of sp³-hybridized carbons (Fsp3) is 0.149. The first-order valence-corrected chi connectivity index (χ1v) is 17.3. The third-order valence-corrected chi connectivity index (χ3v) is 10.6. The lowest BCUT2D eigenvalue weighted by Gasteiger charge is -2.29. The monoisotopic (exact) mass is 633 g/mol. The van der Waals surface area contributed by atoms with Crippen LogP contribution < -0.4 is 4.90 Å². The molecule has 0 unspecified atom stereocenters. The van der Waals surface area contributed by atoms with Crippen LogP contribution in [-0.2, 0) is 10.8 Å². The lowest BCUT2D eigenvalue weighted by molar-refractivity contribution is 0.403. The van der Waals surface area contributed by atoms with Crippen LogP contribution in [0.3, 0.4) is 0 Å². The highest BCUT2D eigenvalue weighted by Gasteiger charge is 2.42. The zero-order valence-electron chi connectivity index (χ0n) is 28.5. The molecule has 7 aromatic carbocycles. The molecule has 0 amide bonds. The Balaban J connectivity index is 1.30. The minimum Gasteiger partial charge on any atom is -0.455 e. The number of benzene rings is 7. The number of hydrogen-bond acceptors (Lipinski definition) is 2. The van der Waals surface area contributed by atoms with Crippen molar-refractivity contribution in [3.05, 3.63) is 163 Å². The predicted octanol–water partition coefficient (Wildman–Crippen LogP) is 13.5. The molecule has 49 heavy (non-hydrogen) atoms. The largest absolute Gasteiger partial charge is 0.455 e. The second-order valence-electron chi connectivity index (χ2n) is 14.9. The number of hydrogen-bond donors (Lipinski definition) is 0. The summed E-state index contributed by atoms with van der Waals surface area (Å²) >= 11 is 0. The molecule has 1 aliphatic carbocycles. The van der Waals surface area contributed by atoms with Crippen LogP contribution >= 0.6 is 0 Å². The van der Waals surface area contributed by atoms with Gasteiger partial charge in [-0.05, 0) is 92.7 Å². The molecule has 1 aromatic heterocycles. The Morgan fingerprint density at radius 1 is 0.510 bits per heavy atom. The maximum atomic E-state index is 6.97. The number of furan rings is 1. The van der Waals surface area contributed by atoms with Gasteiger partial charge in [0.05, 0.1) is 5.69 Å². The van der Waals surface area contributed by atoms with Crippen LogP contribution in [0.5, 0.6) is 0 Å². The van der Waals surface area contributed by atoms with Crippen molar-refractivity contribution in [2.45, 2.75) is 44.9 Å². The molecular formula is C47H39NO. The van der Waals surface area contributed by atoms with Crippen LogP contribution in [0.15, 0.2) is 156 Å². The quantitative estimate of drug-likeness (QED) is 0.187. The van der Waals surface area contributed by atoms with Crippen LogP contribution in [0, 0.1) is 0 Å². The average molecular weight is 634 g/mol. The van der Waals surface area contributed by atoms with E-state index in [-0.39, 0.29) is 10.8 Å². The van der Waals surface area contributed by atoms with Gasteiger partial charge in [0.15, 0.2) is 0 Å². The molecule has 1 heterocycles. The van der Waals surface area contributed by atoms with E-state index in [2.05, 4.69) is 184 Å². The highest BCUT2D eigenvalue weighted by atomic mass is 16.3. The van der Waals surface area contributed by atoms with Gasteiger partial charge in [-0.2, -0.15) is 0 Å². The zero-order chi connectivity index (χ0) is 33.3. The summed E-state index contributed by atoms with van der Waals surface area (Å²) in [6.07, 6.45) is 1.13. The van der Waals surface area contributed by atoms with Crippen LogP contribution in [0.1, 0.15) is 45.2 Å². The van der Waals surface area contributed by atoms with Crippen molar-refractivity contribution in [3.8, 4) is 22.3 Å². The second kappa shape index (κ2) is 11.0. The normalized spacial score (nSPS) is 14.8. The van der Waals surface area contributed by atoms with Crippen molar-refractivity contribution < 1.29 is 4.42 Å². The van der Waals surface area contributed by atoms with Gasteiger partial charge in [-0.25, -0.2) is 0 Å². The summed E-state index contributed by atoms with van der Waals surface area (Å²) in [5.74, 6) is 0. The van der Waals surface area contributed by atoms with Gasteiger partial charge >= 0.3 is 0 Å². The van der Waals surface area contributed by atoms with Crippen molar-refractivity contribution >= 4 is 49.8 Å². The van der Waals surface area contributed by atoms with Gasteiger partial charge in [0, 0.05) is 33.3 Å². The smallest absolute Gasteiger partial charge is 0.143 e. The topological polar surface area (TPSA) is 16.4 Å². The molecule has 0 saturated heterocycles. The van der Waals surface area contributed by atoms with Crippen molar-refractivity contribution in [2.24, 2.45) is 0 Å². The first kappa shape index (κ1) is 29.5. The van der Waals surface area contributed by atoms with E-state index < -0.39 is 0 Å². The van der Waals surface area contributed by atoms with E-state index in [9.17, 15) is 0 Å². The highest BCUT2D eigenvalue weighted by Crippen LogP contribution is 2.52. The van der Waals surface area contributed by atoms with E-state index in [4.69, 9.17) is 4.42 Å². The Labute approximate surface area is 288 Å². The maximum Gasteiger partial charge on any atom is 0.143 e. The molecule has 8 aromatic rings. The molecule has 2 nitrogen and oxygen atoms in total. The molecule has 0 spiro atoms. The van der Waals surface area contributed by atoms with Gasteiger partial charge < -0.3 is 9.32 Å². The maximum absolute atomic E-state index is 6.97. The van der Waals surface area contributed by atoms with Gasteiger partial charge in [-0.15, -0.1) is 0 Å². The molecule has 0 fully saturated rings. The van der Waals surface area contributed by atoms with E-state index in [0.717, 1.165) is 51.2 Å². The molecule has 238 valence electrons. The fourth-order valence-electron chi connectivity index (χ4n) is 8.62. The molecule has 0 bridgehead atoms. The van der Waals surface area contributed by atoms with Crippen molar-refractivity contribution in [1.82, 2.24) is 0 Å². The van der Waals surface area contributed by atoms with E-state index in [1.807, 2.05) is 0 Å². The van der Waals surface area contributed by atoms with Gasteiger partial charge in [0.1, 0.15) is 11.2 Å². The Morgan fingerprint density at radius 3 is 1.88 bits per heavy atom. The molecule has 0 N–H and O–H groups in total. The lowest BCUT2D eigenvalue weighted by atomic mass is 9.82. The third kappa shape index (κ3) is 4.77. The van der Waals surface area contributed by atoms with E-state index >= 15 is 0 Å². The number of fused-ring (bicyclic) bond motifs is 5. The minimum atomic E-state index is 0.101. The van der Waals surface area contributed by atoms with Crippen molar-refractivity contribution in [3.63, 3.8) is 0 Å². The molecule has 0 radical (unpaired) electrons. The van der Waals surface area contributed by atoms with Crippen LogP contribution in [0.25, 0.3) is 55.0 Å². The van der Waals surface area contributed by atoms with Gasteiger partial charge in [0.2, 0.25) is 0 Å². The van der Waals surface area contributed by atoms with Crippen LogP contribution in [0.2, 0.25) is 0 Å². The van der Waals surface area contributed by atoms with E-state index in [1.54, 1.807) is 0 Å². The summed E-state index contributed by atoms with van der Waals surface area (Å²) in [7, 11) is 0. The summed E-state index contributed by atoms with van der Waals surface area (Å²) in [5, 5.41) is 4.75. The van der Waals surface area contributed by atoms with Crippen molar-refractivity contribution in [2.75, 3.05) is 4.90 Å². The van der Waals surface area contributed by atoms with Crippen molar-refractivity contribution in [1.29, 1.82) is 0 Å². The van der Waals surface area contributed by atoms with Crippen LogP contribution in [-0.4, -0.2) is 0 Å². The predicted molar refractivity (Wildman–Crippen MR) is 207 cm³/mol.